The SMILES string of the molecule is CCC(COC)Nc1ccccn1. The molecule has 0 aliphatic heterocycles. The molecule has 0 aromatic carbocycles. The van der Waals surface area contributed by atoms with Crippen molar-refractivity contribution in [1.82, 2.24) is 4.98 Å². The summed E-state index contributed by atoms with van der Waals surface area (Å²) in [5, 5.41) is 3.29. The molecule has 0 spiro atoms. The second-order valence-electron chi connectivity index (χ2n) is 2.92. The molecule has 3 heteroatoms. The van der Waals surface area contributed by atoms with Gasteiger partial charge in [-0.1, -0.05) is 13.0 Å². The third-order valence-electron chi connectivity index (χ3n) is 1.88. The summed E-state index contributed by atoms with van der Waals surface area (Å²) >= 11 is 0. The maximum absolute atomic E-state index is 5.08. The van der Waals surface area contributed by atoms with E-state index in [1.54, 1.807) is 13.3 Å². The maximum atomic E-state index is 5.08. The Labute approximate surface area is 79.1 Å². The Morgan fingerprint density at radius 3 is 2.92 bits per heavy atom. The smallest absolute Gasteiger partial charge is 0.126 e. The highest BCUT2D eigenvalue weighted by Gasteiger charge is 2.04. The quantitative estimate of drug-likeness (QED) is 0.751. The lowest BCUT2D eigenvalue weighted by Gasteiger charge is -2.15. The van der Waals surface area contributed by atoms with Crippen molar-refractivity contribution in [3.63, 3.8) is 0 Å². The van der Waals surface area contributed by atoms with Crippen LogP contribution in [0, 0.1) is 0 Å². The molecular formula is C10H16N2O. The van der Waals surface area contributed by atoms with Crippen LogP contribution in [0.4, 0.5) is 5.82 Å². The Morgan fingerprint density at radius 1 is 1.54 bits per heavy atom. The number of anilines is 1. The molecule has 72 valence electrons. The zero-order valence-corrected chi connectivity index (χ0v) is 8.16. The molecule has 1 unspecified atom stereocenters. The van der Waals surface area contributed by atoms with Gasteiger partial charge in [0, 0.05) is 13.3 Å². The average molecular weight is 180 g/mol. The van der Waals surface area contributed by atoms with Gasteiger partial charge in [0.05, 0.1) is 12.6 Å². The predicted octanol–water partition coefficient (Wildman–Crippen LogP) is 1.92. The van der Waals surface area contributed by atoms with E-state index < -0.39 is 0 Å². The summed E-state index contributed by atoms with van der Waals surface area (Å²) in [6.07, 6.45) is 2.81. The van der Waals surface area contributed by atoms with Crippen LogP contribution in [0.5, 0.6) is 0 Å². The fourth-order valence-corrected chi connectivity index (χ4v) is 1.12. The summed E-state index contributed by atoms with van der Waals surface area (Å²) in [5.74, 6) is 0.909. The molecule has 0 radical (unpaired) electrons. The third kappa shape index (κ3) is 3.42. The monoisotopic (exact) mass is 180 g/mol. The Balaban J connectivity index is 2.46. The van der Waals surface area contributed by atoms with Crippen LogP contribution in [0.3, 0.4) is 0 Å². The van der Waals surface area contributed by atoms with E-state index in [1.807, 2.05) is 18.2 Å². The molecular weight excluding hydrogens is 164 g/mol. The third-order valence-corrected chi connectivity index (χ3v) is 1.88. The molecule has 13 heavy (non-hydrogen) atoms. The van der Waals surface area contributed by atoms with Gasteiger partial charge in [0.15, 0.2) is 0 Å². The fourth-order valence-electron chi connectivity index (χ4n) is 1.12. The van der Waals surface area contributed by atoms with Crippen molar-refractivity contribution in [3.8, 4) is 0 Å². The molecule has 1 rings (SSSR count). The molecule has 1 heterocycles. The molecule has 0 bridgehead atoms. The van der Waals surface area contributed by atoms with Gasteiger partial charge in [-0.2, -0.15) is 0 Å². The summed E-state index contributed by atoms with van der Waals surface area (Å²) in [4.78, 5) is 4.18. The van der Waals surface area contributed by atoms with E-state index in [4.69, 9.17) is 4.74 Å². The van der Waals surface area contributed by atoms with Crippen molar-refractivity contribution in [2.75, 3.05) is 19.0 Å². The van der Waals surface area contributed by atoms with Gasteiger partial charge in [-0.05, 0) is 18.6 Å². The molecule has 1 aromatic heterocycles. The fraction of sp³-hybridized carbons (Fsp3) is 0.500. The first-order valence-electron chi connectivity index (χ1n) is 4.53. The van der Waals surface area contributed by atoms with Crippen LogP contribution in [0.2, 0.25) is 0 Å². The van der Waals surface area contributed by atoms with E-state index in [0.29, 0.717) is 12.6 Å². The van der Waals surface area contributed by atoms with E-state index in [9.17, 15) is 0 Å². The largest absolute Gasteiger partial charge is 0.383 e. The number of pyridine rings is 1. The summed E-state index contributed by atoms with van der Waals surface area (Å²) < 4.78 is 5.08. The highest BCUT2D eigenvalue weighted by atomic mass is 16.5. The van der Waals surface area contributed by atoms with Crippen LogP contribution >= 0.6 is 0 Å². The number of nitrogens with zero attached hydrogens (tertiary/aromatic N) is 1. The number of hydrogen-bond acceptors (Lipinski definition) is 3. The molecule has 0 aliphatic rings. The van der Waals surface area contributed by atoms with Crippen LogP contribution in [0.15, 0.2) is 24.4 Å². The summed E-state index contributed by atoms with van der Waals surface area (Å²) in [5.41, 5.74) is 0. The Hall–Kier alpha value is -1.09. The minimum atomic E-state index is 0.347. The standard InChI is InChI=1S/C10H16N2O/c1-3-9(8-13-2)12-10-6-4-5-7-11-10/h4-7,9H,3,8H2,1-2H3,(H,11,12). The van der Waals surface area contributed by atoms with Gasteiger partial charge in [-0.3, -0.25) is 0 Å². The van der Waals surface area contributed by atoms with Gasteiger partial charge in [0.25, 0.3) is 0 Å². The normalized spacial score (nSPS) is 12.5. The lowest BCUT2D eigenvalue weighted by atomic mass is 10.2. The molecule has 0 saturated heterocycles. The zero-order chi connectivity index (χ0) is 9.52. The first-order valence-corrected chi connectivity index (χ1v) is 4.53. The maximum Gasteiger partial charge on any atom is 0.126 e. The number of ether oxygens (including phenoxy) is 1. The first kappa shape index (κ1) is 9.99. The van der Waals surface area contributed by atoms with Crippen LogP contribution in [0.1, 0.15) is 13.3 Å². The minimum absolute atomic E-state index is 0.347. The van der Waals surface area contributed by atoms with Crippen molar-refractivity contribution < 1.29 is 4.74 Å². The minimum Gasteiger partial charge on any atom is -0.383 e. The summed E-state index contributed by atoms with van der Waals surface area (Å²) in [7, 11) is 1.71. The topological polar surface area (TPSA) is 34.1 Å². The van der Waals surface area contributed by atoms with E-state index in [-0.39, 0.29) is 0 Å². The molecule has 3 nitrogen and oxygen atoms in total. The van der Waals surface area contributed by atoms with Crippen LogP contribution < -0.4 is 5.32 Å². The van der Waals surface area contributed by atoms with E-state index in [1.165, 1.54) is 0 Å². The van der Waals surface area contributed by atoms with Gasteiger partial charge in [-0.15, -0.1) is 0 Å². The summed E-state index contributed by atoms with van der Waals surface area (Å²) in [6, 6.07) is 6.18. The van der Waals surface area contributed by atoms with Gasteiger partial charge in [-0.25, -0.2) is 4.98 Å². The van der Waals surface area contributed by atoms with E-state index in [2.05, 4.69) is 17.2 Å². The van der Waals surface area contributed by atoms with Gasteiger partial charge < -0.3 is 10.1 Å². The molecule has 0 amide bonds. The number of nitrogens with one attached hydrogen (secondary N) is 1. The van der Waals surface area contributed by atoms with Gasteiger partial charge in [0.2, 0.25) is 0 Å². The summed E-state index contributed by atoms with van der Waals surface area (Å²) in [6.45, 7) is 2.84. The Bertz CT molecular complexity index is 226. The van der Waals surface area contributed by atoms with E-state index >= 15 is 0 Å². The predicted molar refractivity (Wildman–Crippen MR) is 53.8 cm³/mol. The van der Waals surface area contributed by atoms with Crippen LogP contribution in [-0.4, -0.2) is 24.7 Å². The van der Waals surface area contributed by atoms with Gasteiger partial charge >= 0.3 is 0 Å². The van der Waals surface area contributed by atoms with E-state index in [0.717, 1.165) is 12.2 Å². The van der Waals surface area contributed by atoms with Crippen molar-refractivity contribution >= 4 is 5.82 Å². The number of aromatic nitrogens is 1. The molecule has 0 aliphatic carbocycles. The van der Waals surface area contributed by atoms with Gasteiger partial charge in [0.1, 0.15) is 5.82 Å². The van der Waals surface area contributed by atoms with Crippen LogP contribution in [-0.2, 0) is 4.74 Å². The Kier molecular flexibility index (Phi) is 4.26. The highest BCUT2D eigenvalue weighted by Crippen LogP contribution is 2.04. The number of methoxy groups -OCH3 is 1. The molecule has 0 saturated carbocycles. The highest BCUT2D eigenvalue weighted by molar-refractivity contribution is 5.34. The average Bonchev–Trinajstić information content (AvgIpc) is 2.19. The van der Waals surface area contributed by atoms with Crippen molar-refractivity contribution in [3.05, 3.63) is 24.4 Å². The lowest BCUT2D eigenvalue weighted by Crippen LogP contribution is -2.24. The lowest BCUT2D eigenvalue weighted by molar-refractivity contribution is 0.184. The first-order chi connectivity index (χ1) is 6.36. The van der Waals surface area contributed by atoms with Crippen molar-refractivity contribution in [2.45, 2.75) is 19.4 Å². The second kappa shape index (κ2) is 5.54. The Morgan fingerprint density at radius 2 is 2.38 bits per heavy atom. The van der Waals surface area contributed by atoms with Crippen molar-refractivity contribution in [2.24, 2.45) is 0 Å². The van der Waals surface area contributed by atoms with Crippen LogP contribution in [0.25, 0.3) is 0 Å². The molecule has 0 fully saturated rings. The zero-order valence-electron chi connectivity index (χ0n) is 8.16. The second-order valence-corrected chi connectivity index (χ2v) is 2.92. The molecule has 1 atom stereocenters. The van der Waals surface area contributed by atoms with Crippen molar-refractivity contribution in [1.29, 1.82) is 0 Å². The molecule has 1 N–H and O–H groups in total. The molecule has 1 aromatic rings. The number of hydrogen-bond donors (Lipinski definition) is 1. The number of rotatable bonds is 5.